The van der Waals surface area contributed by atoms with Gasteiger partial charge in [-0.25, -0.2) is 17.2 Å². The molecular weight excluding hydrogens is 394 g/mol. The molecule has 1 aliphatic rings. The summed E-state index contributed by atoms with van der Waals surface area (Å²) in [5.74, 6) is -0.494. The fourth-order valence-corrected chi connectivity index (χ4v) is 5.65. The van der Waals surface area contributed by atoms with Crippen molar-refractivity contribution in [3.8, 4) is 0 Å². The summed E-state index contributed by atoms with van der Waals surface area (Å²) in [5.41, 5.74) is 1.55. The van der Waals surface area contributed by atoms with E-state index in [0.29, 0.717) is 40.2 Å². The first-order chi connectivity index (χ1) is 11.3. The maximum absolute atomic E-state index is 13.2. The molecule has 3 rings (SSSR count). The first kappa shape index (κ1) is 17.2. The van der Waals surface area contributed by atoms with Gasteiger partial charge < -0.3 is 4.74 Å². The summed E-state index contributed by atoms with van der Waals surface area (Å²) in [7, 11) is -2.28. The third-order valence-electron chi connectivity index (χ3n) is 4.56. The predicted molar refractivity (Wildman–Crippen MR) is 96.8 cm³/mol. The lowest BCUT2D eigenvalue weighted by Crippen LogP contribution is -2.28. The van der Waals surface area contributed by atoms with Gasteiger partial charge in [0.25, 0.3) is 0 Å². The van der Waals surface area contributed by atoms with Crippen LogP contribution >= 0.6 is 15.9 Å². The molecule has 0 radical (unpaired) electrons. The molecule has 128 valence electrons. The monoisotopic (exact) mass is 411 g/mol. The highest BCUT2D eigenvalue weighted by atomic mass is 79.9. The average molecular weight is 412 g/mol. The van der Waals surface area contributed by atoms with Crippen LogP contribution in [0.4, 0.5) is 0 Å². The Kier molecular flexibility index (Phi) is 4.12. The molecule has 2 aromatic rings. The van der Waals surface area contributed by atoms with Gasteiger partial charge >= 0.3 is 5.97 Å². The maximum Gasteiger partial charge on any atom is 0.338 e. The molecule has 5 nitrogen and oxygen atoms in total. The van der Waals surface area contributed by atoms with Crippen molar-refractivity contribution in [2.75, 3.05) is 7.11 Å². The summed E-state index contributed by atoms with van der Waals surface area (Å²) in [4.78, 5) is 12.1. The van der Waals surface area contributed by atoms with Gasteiger partial charge in [-0.05, 0) is 43.9 Å². The second-order valence-corrected chi connectivity index (χ2v) is 9.25. The fraction of sp³-hybridized carbons (Fsp3) is 0.353. The van der Waals surface area contributed by atoms with Crippen LogP contribution in [0.5, 0.6) is 0 Å². The number of benzene rings is 1. The Balaban J connectivity index is 2.30. The molecule has 1 saturated carbocycles. The van der Waals surface area contributed by atoms with E-state index < -0.39 is 20.7 Å². The van der Waals surface area contributed by atoms with Gasteiger partial charge in [-0.3, -0.25) is 0 Å². The number of hydrogen-bond acceptors (Lipinski definition) is 4. The highest BCUT2D eigenvalue weighted by Gasteiger charge is 2.54. The minimum absolute atomic E-state index is 0.349. The van der Waals surface area contributed by atoms with Crippen molar-refractivity contribution in [1.29, 1.82) is 0 Å². The Morgan fingerprint density at radius 3 is 2.67 bits per heavy atom. The van der Waals surface area contributed by atoms with Gasteiger partial charge in [-0.2, -0.15) is 0 Å². The molecule has 0 unspecified atom stereocenters. The summed E-state index contributed by atoms with van der Waals surface area (Å²) in [6.07, 6.45) is 4.91. The smallest absolute Gasteiger partial charge is 0.338 e. The number of aryl methyl sites for hydroxylation is 1. The number of rotatable bonds is 5. The maximum atomic E-state index is 13.2. The van der Waals surface area contributed by atoms with E-state index in [2.05, 4.69) is 22.5 Å². The van der Waals surface area contributed by atoms with Crippen molar-refractivity contribution in [1.82, 2.24) is 3.97 Å². The van der Waals surface area contributed by atoms with Crippen LogP contribution < -0.4 is 0 Å². The van der Waals surface area contributed by atoms with Crippen molar-refractivity contribution >= 4 is 42.8 Å². The lowest BCUT2D eigenvalue weighted by Gasteiger charge is -2.16. The van der Waals surface area contributed by atoms with E-state index >= 15 is 0 Å². The molecule has 0 atom stereocenters. The van der Waals surface area contributed by atoms with E-state index in [-0.39, 0.29) is 0 Å². The number of methoxy groups -OCH3 is 1. The SMILES string of the molecule is C=CCC1(S(=O)(=O)n2cc(C)c3c(C(=O)OC)cc(Br)cc32)CC1. The molecule has 0 amide bonds. The Bertz CT molecular complexity index is 955. The van der Waals surface area contributed by atoms with Crippen molar-refractivity contribution < 1.29 is 17.9 Å². The topological polar surface area (TPSA) is 65.4 Å². The third-order valence-corrected chi connectivity index (χ3v) is 7.51. The number of halogens is 1. The van der Waals surface area contributed by atoms with Gasteiger partial charge in [-0.1, -0.05) is 22.0 Å². The largest absolute Gasteiger partial charge is 0.465 e. The highest BCUT2D eigenvalue weighted by Crippen LogP contribution is 2.48. The molecule has 0 spiro atoms. The number of esters is 1. The first-order valence-electron chi connectivity index (χ1n) is 7.53. The van der Waals surface area contributed by atoms with Crippen LogP contribution in [0, 0.1) is 6.92 Å². The van der Waals surface area contributed by atoms with E-state index in [1.807, 2.05) is 0 Å². The number of carbonyl (C=O) groups excluding carboxylic acids is 1. The second-order valence-electron chi connectivity index (χ2n) is 6.13. The molecule has 1 fully saturated rings. The van der Waals surface area contributed by atoms with Crippen LogP contribution in [0.3, 0.4) is 0 Å². The molecule has 0 N–H and O–H groups in total. The van der Waals surface area contributed by atoms with E-state index in [0.717, 1.165) is 5.56 Å². The molecule has 1 heterocycles. The minimum atomic E-state index is -3.59. The summed E-state index contributed by atoms with van der Waals surface area (Å²) >= 11 is 3.36. The lowest BCUT2D eigenvalue weighted by atomic mass is 10.1. The van der Waals surface area contributed by atoms with Crippen molar-refractivity contribution in [3.05, 3.63) is 46.6 Å². The average Bonchev–Trinajstić information content (AvgIpc) is 3.25. The fourth-order valence-electron chi connectivity index (χ4n) is 3.14. The van der Waals surface area contributed by atoms with Gasteiger partial charge in [0.1, 0.15) is 0 Å². The zero-order valence-electron chi connectivity index (χ0n) is 13.5. The number of aromatic nitrogens is 1. The summed E-state index contributed by atoms with van der Waals surface area (Å²) in [5, 5.41) is 0.600. The van der Waals surface area contributed by atoms with E-state index in [9.17, 15) is 13.2 Å². The second kappa shape index (κ2) is 5.74. The van der Waals surface area contributed by atoms with Gasteiger partial charge in [-0.15, -0.1) is 6.58 Å². The molecule has 1 aromatic carbocycles. The molecule has 24 heavy (non-hydrogen) atoms. The van der Waals surface area contributed by atoms with E-state index in [1.165, 1.54) is 11.1 Å². The Morgan fingerprint density at radius 2 is 2.12 bits per heavy atom. The third kappa shape index (κ3) is 2.41. The van der Waals surface area contributed by atoms with Crippen molar-refractivity contribution in [2.24, 2.45) is 0 Å². The summed E-state index contributed by atoms with van der Waals surface area (Å²) in [6.45, 7) is 5.47. The van der Waals surface area contributed by atoms with Crippen LogP contribution in [0.25, 0.3) is 10.9 Å². The molecule has 1 aromatic heterocycles. The van der Waals surface area contributed by atoms with E-state index in [1.54, 1.807) is 31.3 Å². The molecular formula is C17H18BrNO4S. The standard InChI is InChI=1S/C17H18BrNO4S/c1-4-5-17(6-7-17)24(21,22)19-10-11(2)15-13(16(20)23-3)8-12(18)9-14(15)19/h4,8-10H,1,5-7H2,2-3H3. The molecule has 0 bridgehead atoms. The van der Waals surface area contributed by atoms with Gasteiger partial charge in [0.2, 0.25) is 10.0 Å². The van der Waals surface area contributed by atoms with Crippen LogP contribution in [0.15, 0.2) is 35.5 Å². The quantitative estimate of drug-likeness (QED) is 0.554. The van der Waals surface area contributed by atoms with Crippen LogP contribution in [-0.2, 0) is 14.8 Å². The summed E-state index contributed by atoms with van der Waals surface area (Å²) in [6, 6.07) is 3.37. The Hall–Kier alpha value is -1.60. The van der Waals surface area contributed by atoms with E-state index in [4.69, 9.17) is 4.74 Å². The van der Waals surface area contributed by atoms with Gasteiger partial charge in [0.15, 0.2) is 0 Å². The number of fused-ring (bicyclic) bond motifs is 1. The number of ether oxygens (including phenoxy) is 1. The lowest BCUT2D eigenvalue weighted by molar-refractivity contribution is 0.0603. The number of nitrogens with zero attached hydrogens (tertiary/aromatic N) is 1. The number of hydrogen-bond donors (Lipinski definition) is 0. The zero-order chi connectivity index (χ0) is 17.7. The van der Waals surface area contributed by atoms with Crippen LogP contribution in [-0.4, -0.2) is 30.2 Å². The molecule has 0 saturated heterocycles. The molecule has 1 aliphatic carbocycles. The number of allylic oxidation sites excluding steroid dienone is 1. The van der Waals surface area contributed by atoms with Crippen LogP contribution in [0.1, 0.15) is 35.2 Å². The molecule has 7 heteroatoms. The highest BCUT2D eigenvalue weighted by molar-refractivity contribution is 9.10. The van der Waals surface area contributed by atoms with Gasteiger partial charge in [0.05, 0.1) is 22.9 Å². The Labute approximate surface area is 149 Å². The first-order valence-corrected chi connectivity index (χ1v) is 9.76. The normalized spacial score (nSPS) is 16.1. The van der Waals surface area contributed by atoms with Crippen molar-refractivity contribution in [3.63, 3.8) is 0 Å². The van der Waals surface area contributed by atoms with Gasteiger partial charge in [0, 0.05) is 16.1 Å². The minimum Gasteiger partial charge on any atom is -0.465 e. The zero-order valence-corrected chi connectivity index (χ0v) is 15.9. The van der Waals surface area contributed by atoms with Crippen LogP contribution in [0.2, 0.25) is 0 Å². The number of carbonyl (C=O) groups is 1. The predicted octanol–water partition coefficient (Wildman–Crippen LogP) is 3.79. The molecule has 0 aliphatic heterocycles. The summed E-state index contributed by atoms with van der Waals surface area (Å²) < 4.78 is 32.4. The Morgan fingerprint density at radius 1 is 1.46 bits per heavy atom. The van der Waals surface area contributed by atoms with Crippen molar-refractivity contribution in [2.45, 2.75) is 30.9 Å².